The van der Waals surface area contributed by atoms with Crippen molar-refractivity contribution in [3.05, 3.63) is 24.3 Å². The van der Waals surface area contributed by atoms with E-state index in [1.807, 2.05) is 51.8 Å². The van der Waals surface area contributed by atoms with Gasteiger partial charge in [-0.05, 0) is 16.1 Å². The van der Waals surface area contributed by atoms with Crippen LogP contribution < -0.4 is 9.64 Å². The first kappa shape index (κ1) is 10.3. The fraction of sp³-hybridized carbons (Fsp3) is 0.182. The Labute approximate surface area is 102 Å². The number of para-hydroxylation sites is 2. The number of aldehydes is 1. The quantitative estimate of drug-likeness (QED) is 0.474. The lowest BCUT2D eigenvalue weighted by Gasteiger charge is -2.17. The second-order valence-electron chi connectivity index (χ2n) is 3.01. The number of ether oxygens (including phenoxy) is 1. The van der Waals surface area contributed by atoms with Crippen LogP contribution in [-0.4, -0.2) is 19.1 Å². The monoisotopic (exact) mass is 313 g/mol. The fourth-order valence-electron chi connectivity index (χ4n) is 1.52. The van der Waals surface area contributed by atoms with E-state index in [-0.39, 0.29) is 0 Å². The van der Waals surface area contributed by atoms with Gasteiger partial charge in [0.15, 0.2) is 6.29 Å². The molecule has 0 amide bonds. The molecule has 15 heavy (non-hydrogen) atoms. The molecule has 0 radical (unpaired) electrons. The smallest absolute Gasteiger partial charge is 0.229 e. The number of anilines is 1. The molecule has 76 valence electrons. The first-order valence-corrected chi connectivity index (χ1v) is 5.51. The van der Waals surface area contributed by atoms with Crippen LogP contribution in [0.1, 0.15) is 0 Å². The summed E-state index contributed by atoms with van der Waals surface area (Å²) in [6, 6.07) is 7.57. The molecule has 0 bridgehead atoms. The summed E-state index contributed by atoms with van der Waals surface area (Å²) in [5.74, 6) is 3.66. The summed E-state index contributed by atoms with van der Waals surface area (Å²) in [7, 11) is 0. The van der Waals surface area contributed by atoms with Crippen LogP contribution in [0.25, 0.3) is 0 Å². The molecule has 0 fully saturated rings. The highest BCUT2D eigenvalue weighted by Crippen LogP contribution is 2.35. The van der Waals surface area contributed by atoms with Crippen LogP contribution in [0.4, 0.5) is 5.69 Å². The van der Waals surface area contributed by atoms with Gasteiger partial charge in [0.2, 0.25) is 6.23 Å². The summed E-state index contributed by atoms with van der Waals surface area (Å²) >= 11 is 1.98. The number of halogens is 1. The molecule has 0 spiro atoms. The van der Waals surface area contributed by atoms with Crippen LogP contribution in [0.3, 0.4) is 0 Å². The minimum absolute atomic E-state index is 0.503. The molecule has 0 N–H and O–H groups in total. The first-order valence-electron chi connectivity index (χ1n) is 4.43. The van der Waals surface area contributed by atoms with Gasteiger partial charge in [-0.2, -0.15) is 0 Å². The van der Waals surface area contributed by atoms with Crippen LogP contribution in [0.5, 0.6) is 5.75 Å². The maximum absolute atomic E-state index is 10.8. The number of carbonyl (C=O) groups is 1. The van der Waals surface area contributed by atoms with Gasteiger partial charge in [0.05, 0.1) is 12.2 Å². The Bertz CT molecular complexity index is 436. The van der Waals surface area contributed by atoms with Crippen molar-refractivity contribution in [2.24, 2.45) is 0 Å². The van der Waals surface area contributed by atoms with Gasteiger partial charge in [0.25, 0.3) is 0 Å². The van der Waals surface area contributed by atoms with Crippen molar-refractivity contribution >= 4 is 34.6 Å². The van der Waals surface area contributed by atoms with Crippen molar-refractivity contribution in [2.45, 2.75) is 6.23 Å². The Hall–Kier alpha value is -1.22. The normalized spacial score (nSPS) is 17.4. The van der Waals surface area contributed by atoms with Crippen LogP contribution in [-0.2, 0) is 4.79 Å². The second kappa shape index (κ2) is 4.53. The average molecular weight is 313 g/mol. The van der Waals surface area contributed by atoms with E-state index in [0.717, 1.165) is 17.7 Å². The molecule has 1 unspecified atom stereocenters. The van der Waals surface area contributed by atoms with Crippen LogP contribution in [0.15, 0.2) is 24.3 Å². The van der Waals surface area contributed by atoms with E-state index >= 15 is 0 Å². The summed E-state index contributed by atoms with van der Waals surface area (Å²) < 4.78 is 8.23. The van der Waals surface area contributed by atoms with Gasteiger partial charge in [-0.3, -0.25) is 4.79 Å². The summed E-state index contributed by atoms with van der Waals surface area (Å²) in [4.78, 5) is 12.7. The summed E-state index contributed by atoms with van der Waals surface area (Å²) in [5.41, 5.74) is 0.925. The summed E-state index contributed by atoms with van der Waals surface area (Å²) in [6.07, 6.45) is 0.245. The largest absolute Gasteiger partial charge is 0.461 e. The first-order chi connectivity index (χ1) is 7.36. The van der Waals surface area contributed by atoms with Crippen molar-refractivity contribution in [3.8, 4) is 15.6 Å². The Morgan fingerprint density at radius 1 is 1.53 bits per heavy atom. The fourth-order valence-corrected chi connectivity index (χ4v) is 1.69. The minimum atomic E-state index is -0.542. The lowest BCUT2D eigenvalue weighted by molar-refractivity contribution is -0.113. The average Bonchev–Trinajstić information content (AvgIpc) is 2.64. The highest BCUT2D eigenvalue weighted by molar-refractivity contribution is 14.1. The highest BCUT2D eigenvalue weighted by Gasteiger charge is 2.29. The van der Waals surface area contributed by atoms with Gasteiger partial charge in [0.1, 0.15) is 5.75 Å². The number of carbonyl (C=O) groups excluding carboxylic acids is 1. The highest BCUT2D eigenvalue weighted by atomic mass is 127. The molecule has 1 aromatic rings. The zero-order valence-corrected chi connectivity index (χ0v) is 9.97. The molecule has 4 heteroatoms. The SMILES string of the molecule is O=CC1Oc2ccccc2N1CC#CI. The van der Waals surface area contributed by atoms with Crippen molar-refractivity contribution in [2.75, 3.05) is 11.4 Å². The molecule has 1 aromatic carbocycles. The Kier molecular flexibility index (Phi) is 3.11. The third-order valence-corrected chi connectivity index (χ3v) is 2.54. The van der Waals surface area contributed by atoms with Gasteiger partial charge in [-0.15, -0.1) is 0 Å². The number of fused-ring (bicyclic) bond motifs is 1. The molecule has 0 aromatic heterocycles. The molecule has 2 rings (SSSR count). The molecule has 1 heterocycles. The maximum atomic E-state index is 10.8. The van der Waals surface area contributed by atoms with E-state index in [4.69, 9.17) is 4.74 Å². The summed E-state index contributed by atoms with van der Waals surface area (Å²) in [6.45, 7) is 0.503. The van der Waals surface area contributed by atoms with E-state index in [9.17, 15) is 4.79 Å². The molecular formula is C11H8INO2. The molecule has 0 saturated heterocycles. The topological polar surface area (TPSA) is 29.5 Å². The van der Waals surface area contributed by atoms with E-state index in [1.165, 1.54) is 0 Å². The number of hydrogen-bond donors (Lipinski definition) is 0. The molecule has 1 aliphatic heterocycles. The standard InChI is InChI=1S/C11H8INO2/c12-6-3-7-13-9-4-1-2-5-10(9)15-11(13)8-14/h1-2,4-5,8,11H,7H2. The van der Waals surface area contributed by atoms with Crippen LogP contribution >= 0.6 is 22.6 Å². The second-order valence-corrected chi connectivity index (χ2v) is 3.55. The third-order valence-electron chi connectivity index (χ3n) is 2.16. The lowest BCUT2D eigenvalue weighted by Crippen LogP contribution is -2.36. The Morgan fingerprint density at radius 3 is 3.07 bits per heavy atom. The molecule has 0 aliphatic carbocycles. The van der Waals surface area contributed by atoms with Crippen LogP contribution in [0.2, 0.25) is 0 Å². The van der Waals surface area contributed by atoms with E-state index in [1.54, 1.807) is 0 Å². The lowest BCUT2D eigenvalue weighted by atomic mass is 10.3. The number of hydrogen-bond acceptors (Lipinski definition) is 3. The summed E-state index contributed by atoms with van der Waals surface area (Å²) in [5, 5.41) is 0. The molecule has 0 saturated carbocycles. The van der Waals surface area contributed by atoms with E-state index in [2.05, 4.69) is 9.85 Å². The van der Waals surface area contributed by atoms with Crippen molar-refractivity contribution in [3.63, 3.8) is 0 Å². The Balaban J connectivity index is 2.32. The third kappa shape index (κ3) is 1.92. The van der Waals surface area contributed by atoms with Gasteiger partial charge in [-0.1, -0.05) is 18.1 Å². The molecule has 1 aliphatic rings. The van der Waals surface area contributed by atoms with Crippen molar-refractivity contribution in [1.82, 2.24) is 0 Å². The molecular weight excluding hydrogens is 305 g/mol. The van der Waals surface area contributed by atoms with Crippen molar-refractivity contribution < 1.29 is 9.53 Å². The van der Waals surface area contributed by atoms with Gasteiger partial charge >= 0.3 is 0 Å². The zero-order valence-electron chi connectivity index (χ0n) is 7.81. The molecule has 1 atom stereocenters. The van der Waals surface area contributed by atoms with E-state index < -0.39 is 6.23 Å². The minimum Gasteiger partial charge on any atom is -0.461 e. The predicted molar refractivity (Wildman–Crippen MR) is 66.1 cm³/mol. The van der Waals surface area contributed by atoms with Crippen LogP contribution in [0, 0.1) is 9.85 Å². The number of benzene rings is 1. The number of nitrogens with zero attached hydrogens (tertiary/aromatic N) is 1. The van der Waals surface area contributed by atoms with Gasteiger partial charge in [0, 0.05) is 22.6 Å². The predicted octanol–water partition coefficient (Wildman–Crippen LogP) is 1.81. The number of rotatable bonds is 2. The van der Waals surface area contributed by atoms with Gasteiger partial charge in [-0.25, -0.2) is 0 Å². The van der Waals surface area contributed by atoms with Crippen molar-refractivity contribution in [1.29, 1.82) is 0 Å². The molecule has 3 nitrogen and oxygen atoms in total. The van der Waals surface area contributed by atoms with E-state index in [0.29, 0.717) is 6.54 Å². The zero-order chi connectivity index (χ0) is 10.7. The Morgan fingerprint density at radius 2 is 2.33 bits per heavy atom. The van der Waals surface area contributed by atoms with Gasteiger partial charge < -0.3 is 9.64 Å². The maximum Gasteiger partial charge on any atom is 0.229 e.